The fourth-order valence-electron chi connectivity index (χ4n) is 3.83. The highest BCUT2D eigenvalue weighted by Crippen LogP contribution is 2.35. The highest BCUT2D eigenvalue weighted by Gasteiger charge is 2.36. The number of aryl methyl sites for hydroxylation is 3. The molecule has 1 aromatic heterocycles. The maximum Gasteiger partial charge on any atom is 0.232 e. The number of carbonyl (C=O) groups is 1. The zero-order valence-electron chi connectivity index (χ0n) is 15.5. The fraction of sp³-hybridized carbons (Fsp3) is 0.286. The van der Waals surface area contributed by atoms with Crippen LogP contribution in [0.5, 0.6) is 0 Å². The van der Waals surface area contributed by atoms with Gasteiger partial charge in [-0.1, -0.05) is 35.0 Å². The Bertz CT molecular complexity index is 1000. The van der Waals surface area contributed by atoms with Gasteiger partial charge in [0.1, 0.15) is 5.82 Å². The molecule has 5 nitrogen and oxygen atoms in total. The van der Waals surface area contributed by atoms with Crippen molar-refractivity contribution in [3.63, 3.8) is 0 Å². The molecular formula is C21H20FN3O2. The van der Waals surface area contributed by atoms with Crippen LogP contribution in [0.25, 0.3) is 11.4 Å². The first kappa shape index (κ1) is 17.4. The predicted octanol–water partition coefficient (Wildman–Crippen LogP) is 4.32. The largest absolute Gasteiger partial charge is 0.339 e. The zero-order valence-corrected chi connectivity index (χ0v) is 15.5. The summed E-state index contributed by atoms with van der Waals surface area (Å²) in [6.45, 7) is 6.58. The Morgan fingerprint density at radius 2 is 1.89 bits per heavy atom. The lowest BCUT2D eigenvalue weighted by Crippen LogP contribution is -2.26. The molecule has 1 saturated heterocycles. The predicted molar refractivity (Wildman–Crippen MR) is 100 cm³/mol. The maximum absolute atomic E-state index is 13.4. The third kappa shape index (κ3) is 3.23. The normalized spacial score (nSPS) is 17.0. The van der Waals surface area contributed by atoms with E-state index in [4.69, 9.17) is 4.52 Å². The highest BCUT2D eigenvalue weighted by molar-refractivity contribution is 5.97. The molecule has 0 bridgehead atoms. The minimum atomic E-state index is -0.355. The lowest BCUT2D eigenvalue weighted by atomic mass is 10.0. The van der Waals surface area contributed by atoms with Gasteiger partial charge in [-0.05, 0) is 44.0 Å². The van der Waals surface area contributed by atoms with Crippen molar-refractivity contribution in [3.05, 3.63) is 64.8 Å². The smallest absolute Gasteiger partial charge is 0.232 e. The van der Waals surface area contributed by atoms with Gasteiger partial charge in [-0.3, -0.25) is 4.79 Å². The molecule has 0 N–H and O–H groups in total. The van der Waals surface area contributed by atoms with E-state index in [9.17, 15) is 9.18 Å². The van der Waals surface area contributed by atoms with E-state index in [1.54, 1.807) is 17.0 Å². The molecule has 0 spiro atoms. The lowest BCUT2D eigenvalue weighted by molar-refractivity contribution is -0.117. The summed E-state index contributed by atoms with van der Waals surface area (Å²) in [5.41, 5.74) is 4.84. The molecule has 0 radical (unpaired) electrons. The number of hydrogen-bond donors (Lipinski definition) is 0. The minimum absolute atomic E-state index is 0.0422. The van der Waals surface area contributed by atoms with Crippen LogP contribution in [-0.2, 0) is 4.79 Å². The zero-order chi connectivity index (χ0) is 19.1. The molecule has 1 amide bonds. The van der Waals surface area contributed by atoms with Gasteiger partial charge in [0.25, 0.3) is 0 Å². The van der Waals surface area contributed by atoms with Crippen molar-refractivity contribution >= 4 is 11.6 Å². The summed E-state index contributed by atoms with van der Waals surface area (Å²) in [5, 5.41) is 3.96. The Hall–Kier alpha value is -3.02. The second-order valence-corrected chi connectivity index (χ2v) is 7.12. The Balaban J connectivity index is 1.60. The van der Waals surface area contributed by atoms with Crippen molar-refractivity contribution in [1.82, 2.24) is 10.1 Å². The van der Waals surface area contributed by atoms with Crippen LogP contribution in [0.15, 0.2) is 40.9 Å². The molecule has 1 unspecified atom stereocenters. The van der Waals surface area contributed by atoms with Crippen LogP contribution >= 0.6 is 0 Å². The summed E-state index contributed by atoms with van der Waals surface area (Å²) in [7, 11) is 0. The van der Waals surface area contributed by atoms with Gasteiger partial charge in [-0.25, -0.2) is 4.39 Å². The van der Waals surface area contributed by atoms with E-state index >= 15 is 0 Å². The Kier molecular flexibility index (Phi) is 4.26. The number of nitrogens with zero attached hydrogens (tertiary/aromatic N) is 3. The summed E-state index contributed by atoms with van der Waals surface area (Å²) < 4.78 is 18.8. The third-order valence-electron chi connectivity index (χ3n) is 4.90. The SMILES string of the molecule is Cc1cc(C)c(N2CC(c3nc(-c4cccc(F)c4)no3)CC2=O)c(C)c1. The molecule has 4 rings (SSSR count). The number of amides is 1. The molecule has 2 heterocycles. The molecule has 6 heteroatoms. The molecule has 1 aliphatic rings. The molecule has 2 aromatic carbocycles. The van der Waals surface area contributed by atoms with Gasteiger partial charge < -0.3 is 9.42 Å². The van der Waals surface area contributed by atoms with Gasteiger partial charge in [0.2, 0.25) is 17.6 Å². The van der Waals surface area contributed by atoms with Crippen LogP contribution in [0.2, 0.25) is 0 Å². The molecular weight excluding hydrogens is 345 g/mol. The topological polar surface area (TPSA) is 59.2 Å². The maximum atomic E-state index is 13.4. The molecule has 0 saturated carbocycles. The van der Waals surface area contributed by atoms with Crippen LogP contribution < -0.4 is 4.90 Å². The van der Waals surface area contributed by atoms with Gasteiger partial charge >= 0.3 is 0 Å². The van der Waals surface area contributed by atoms with Crippen LogP contribution in [0.1, 0.15) is 34.9 Å². The lowest BCUT2D eigenvalue weighted by Gasteiger charge is -2.21. The van der Waals surface area contributed by atoms with Crippen molar-refractivity contribution < 1.29 is 13.7 Å². The summed E-state index contributed by atoms with van der Waals surface area (Å²) in [6.07, 6.45) is 0.317. The molecule has 0 aliphatic carbocycles. The highest BCUT2D eigenvalue weighted by atomic mass is 19.1. The van der Waals surface area contributed by atoms with Crippen molar-refractivity contribution in [3.8, 4) is 11.4 Å². The number of aromatic nitrogens is 2. The van der Waals surface area contributed by atoms with Gasteiger partial charge in [-0.15, -0.1) is 0 Å². The minimum Gasteiger partial charge on any atom is -0.339 e. The van der Waals surface area contributed by atoms with Gasteiger partial charge in [0.05, 0.1) is 5.92 Å². The number of benzene rings is 2. The van der Waals surface area contributed by atoms with Crippen molar-refractivity contribution in [2.75, 3.05) is 11.4 Å². The van der Waals surface area contributed by atoms with E-state index in [-0.39, 0.29) is 17.6 Å². The second kappa shape index (κ2) is 6.61. The van der Waals surface area contributed by atoms with Crippen LogP contribution in [-0.4, -0.2) is 22.6 Å². The first-order chi connectivity index (χ1) is 12.9. The summed E-state index contributed by atoms with van der Waals surface area (Å²) >= 11 is 0. The average Bonchev–Trinajstić information content (AvgIpc) is 3.22. The monoisotopic (exact) mass is 365 g/mol. The van der Waals surface area contributed by atoms with E-state index in [1.165, 1.54) is 17.7 Å². The van der Waals surface area contributed by atoms with Crippen LogP contribution in [0.3, 0.4) is 0 Å². The standard InChI is InChI=1S/C21H20FN3O2/c1-12-7-13(2)19(14(3)8-12)25-11-16(10-18(25)26)21-23-20(24-27-21)15-5-4-6-17(22)9-15/h4-9,16H,10-11H2,1-3H3. The van der Waals surface area contributed by atoms with Crippen molar-refractivity contribution in [1.29, 1.82) is 0 Å². The molecule has 1 fully saturated rings. The first-order valence-electron chi connectivity index (χ1n) is 8.90. The van der Waals surface area contributed by atoms with Crippen LogP contribution in [0, 0.1) is 26.6 Å². The molecule has 3 aromatic rings. The van der Waals surface area contributed by atoms with Gasteiger partial charge in [-0.2, -0.15) is 4.98 Å². The van der Waals surface area contributed by atoms with Crippen LogP contribution in [0.4, 0.5) is 10.1 Å². The summed E-state index contributed by atoms with van der Waals surface area (Å²) in [4.78, 5) is 18.9. The summed E-state index contributed by atoms with van der Waals surface area (Å²) in [5.74, 6) is 0.255. The molecule has 27 heavy (non-hydrogen) atoms. The van der Waals surface area contributed by atoms with Crippen molar-refractivity contribution in [2.45, 2.75) is 33.1 Å². The number of carbonyl (C=O) groups excluding carboxylic acids is 1. The number of anilines is 1. The van der Waals surface area contributed by atoms with E-state index in [2.05, 4.69) is 22.3 Å². The Morgan fingerprint density at radius 1 is 1.15 bits per heavy atom. The Morgan fingerprint density at radius 3 is 2.59 bits per heavy atom. The van der Waals surface area contributed by atoms with E-state index in [0.29, 0.717) is 30.2 Å². The molecule has 1 atom stereocenters. The van der Waals surface area contributed by atoms with Crippen molar-refractivity contribution in [2.24, 2.45) is 0 Å². The summed E-state index contributed by atoms with van der Waals surface area (Å²) in [6, 6.07) is 10.2. The fourth-order valence-corrected chi connectivity index (χ4v) is 3.83. The quantitative estimate of drug-likeness (QED) is 0.693. The van der Waals surface area contributed by atoms with E-state index in [0.717, 1.165) is 16.8 Å². The first-order valence-corrected chi connectivity index (χ1v) is 8.90. The average molecular weight is 365 g/mol. The molecule has 1 aliphatic heterocycles. The number of rotatable bonds is 3. The van der Waals surface area contributed by atoms with E-state index < -0.39 is 0 Å². The number of hydrogen-bond acceptors (Lipinski definition) is 4. The van der Waals surface area contributed by atoms with E-state index in [1.807, 2.05) is 20.8 Å². The molecule has 138 valence electrons. The van der Waals surface area contributed by atoms with Gasteiger partial charge in [0.15, 0.2) is 0 Å². The van der Waals surface area contributed by atoms with Gasteiger partial charge in [0, 0.05) is 24.2 Å². The Labute approximate surface area is 156 Å². The third-order valence-corrected chi connectivity index (χ3v) is 4.90. The number of halogens is 1. The second-order valence-electron chi connectivity index (χ2n) is 7.12.